The average Bonchev–Trinajstić information content (AvgIpc) is 2.56. The molecule has 0 amide bonds. The number of nitrogens with zero attached hydrogens (tertiary/aromatic N) is 4. The lowest BCUT2D eigenvalue weighted by atomic mass is 10.2. The zero-order chi connectivity index (χ0) is 15.2. The molecule has 0 unspecified atom stereocenters. The van der Waals surface area contributed by atoms with Gasteiger partial charge in [-0.25, -0.2) is 14.4 Å². The molecule has 1 aliphatic rings. The largest absolute Gasteiger partial charge is 0.378 e. The maximum absolute atomic E-state index is 13.1. The molecule has 2 heterocycles. The summed E-state index contributed by atoms with van der Waals surface area (Å²) in [6, 6.07) is 8.04. The van der Waals surface area contributed by atoms with Crippen molar-refractivity contribution in [3.63, 3.8) is 0 Å². The van der Waals surface area contributed by atoms with Crippen LogP contribution in [0.1, 0.15) is 5.56 Å². The molecule has 0 spiro atoms. The van der Waals surface area contributed by atoms with Crippen LogP contribution in [-0.4, -0.2) is 42.5 Å². The SMILES string of the molecule is Fc1cccc(/C=N/Nc2cc(N3CCOCC3)ncn2)c1. The summed E-state index contributed by atoms with van der Waals surface area (Å²) >= 11 is 0. The van der Waals surface area contributed by atoms with Crippen LogP contribution in [-0.2, 0) is 4.74 Å². The maximum atomic E-state index is 13.1. The van der Waals surface area contributed by atoms with Gasteiger partial charge in [-0.05, 0) is 17.7 Å². The van der Waals surface area contributed by atoms with Gasteiger partial charge >= 0.3 is 0 Å². The third kappa shape index (κ3) is 3.76. The molecular formula is C15H16FN5O. The van der Waals surface area contributed by atoms with Crippen LogP contribution in [0.15, 0.2) is 41.8 Å². The highest BCUT2D eigenvalue weighted by Crippen LogP contribution is 2.15. The normalized spacial score (nSPS) is 15.2. The number of hydrazone groups is 1. The van der Waals surface area contributed by atoms with E-state index >= 15 is 0 Å². The van der Waals surface area contributed by atoms with Crippen molar-refractivity contribution in [1.82, 2.24) is 9.97 Å². The van der Waals surface area contributed by atoms with Gasteiger partial charge in [-0.15, -0.1) is 0 Å². The van der Waals surface area contributed by atoms with E-state index in [1.165, 1.54) is 18.5 Å². The molecule has 0 saturated carbocycles. The lowest BCUT2D eigenvalue weighted by Gasteiger charge is -2.27. The molecule has 1 aliphatic heterocycles. The predicted molar refractivity (Wildman–Crippen MR) is 82.7 cm³/mol. The van der Waals surface area contributed by atoms with Crippen LogP contribution in [0, 0.1) is 5.82 Å². The van der Waals surface area contributed by atoms with Crippen LogP contribution in [0.25, 0.3) is 0 Å². The number of morpholine rings is 1. The zero-order valence-electron chi connectivity index (χ0n) is 11.9. The fourth-order valence-electron chi connectivity index (χ4n) is 2.13. The Morgan fingerprint density at radius 1 is 1.23 bits per heavy atom. The highest BCUT2D eigenvalue weighted by Gasteiger charge is 2.12. The minimum absolute atomic E-state index is 0.291. The van der Waals surface area contributed by atoms with Crippen LogP contribution in [0.4, 0.5) is 16.0 Å². The Kier molecular flexibility index (Phi) is 4.55. The summed E-state index contributed by atoms with van der Waals surface area (Å²) < 4.78 is 18.4. The molecule has 7 heteroatoms. The summed E-state index contributed by atoms with van der Waals surface area (Å²) in [4.78, 5) is 10.5. The Morgan fingerprint density at radius 3 is 2.91 bits per heavy atom. The molecule has 0 aliphatic carbocycles. The van der Waals surface area contributed by atoms with Crippen LogP contribution in [0.5, 0.6) is 0 Å². The number of rotatable bonds is 4. The number of aromatic nitrogens is 2. The van der Waals surface area contributed by atoms with E-state index < -0.39 is 0 Å². The molecule has 1 saturated heterocycles. The van der Waals surface area contributed by atoms with Gasteiger partial charge in [-0.2, -0.15) is 5.10 Å². The lowest BCUT2D eigenvalue weighted by molar-refractivity contribution is 0.122. The fourth-order valence-corrected chi connectivity index (χ4v) is 2.13. The van der Waals surface area contributed by atoms with Gasteiger partial charge in [0.25, 0.3) is 0 Å². The lowest BCUT2D eigenvalue weighted by Crippen LogP contribution is -2.36. The first-order valence-electron chi connectivity index (χ1n) is 7.01. The number of ether oxygens (including phenoxy) is 1. The Labute approximate surface area is 127 Å². The van der Waals surface area contributed by atoms with E-state index in [-0.39, 0.29) is 5.82 Å². The Balaban J connectivity index is 1.65. The minimum Gasteiger partial charge on any atom is -0.378 e. The van der Waals surface area contributed by atoms with Gasteiger partial charge in [-0.3, -0.25) is 5.43 Å². The first-order valence-corrected chi connectivity index (χ1v) is 7.01. The van der Waals surface area contributed by atoms with Crippen molar-refractivity contribution in [3.8, 4) is 0 Å². The average molecular weight is 301 g/mol. The monoisotopic (exact) mass is 301 g/mol. The van der Waals surface area contributed by atoms with E-state index in [2.05, 4.69) is 25.4 Å². The van der Waals surface area contributed by atoms with Gasteiger partial charge in [-0.1, -0.05) is 12.1 Å². The molecule has 22 heavy (non-hydrogen) atoms. The topological polar surface area (TPSA) is 62.6 Å². The van der Waals surface area contributed by atoms with E-state index in [9.17, 15) is 4.39 Å². The number of hydrogen-bond acceptors (Lipinski definition) is 6. The Hall–Kier alpha value is -2.54. The molecule has 3 rings (SSSR count). The van der Waals surface area contributed by atoms with E-state index in [1.54, 1.807) is 18.3 Å². The number of benzene rings is 1. The van der Waals surface area contributed by atoms with Gasteiger partial charge in [0.2, 0.25) is 0 Å². The Bertz CT molecular complexity index is 658. The maximum Gasteiger partial charge on any atom is 0.151 e. The minimum atomic E-state index is -0.291. The molecule has 1 aromatic carbocycles. The second-order valence-electron chi connectivity index (χ2n) is 4.79. The molecule has 1 N–H and O–H groups in total. The van der Waals surface area contributed by atoms with E-state index in [1.807, 2.05) is 6.07 Å². The van der Waals surface area contributed by atoms with Crippen molar-refractivity contribution in [2.45, 2.75) is 0 Å². The van der Waals surface area contributed by atoms with Gasteiger partial charge < -0.3 is 9.64 Å². The van der Waals surface area contributed by atoms with Crippen molar-refractivity contribution in [1.29, 1.82) is 0 Å². The zero-order valence-corrected chi connectivity index (χ0v) is 11.9. The summed E-state index contributed by atoms with van der Waals surface area (Å²) in [6.07, 6.45) is 3.03. The molecular weight excluding hydrogens is 285 g/mol. The summed E-state index contributed by atoms with van der Waals surface area (Å²) in [7, 11) is 0. The molecule has 2 aromatic rings. The van der Waals surface area contributed by atoms with Gasteiger partial charge in [0.1, 0.15) is 18.0 Å². The standard InChI is InChI=1S/C15H16FN5O/c16-13-3-1-2-12(8-13)10-19-20-14-9-15(18-11-17-14)21-4-6-22-7-5-21/h1-3,8-11H,4-7H2,(H,17,18,20)/b19-10+. The van der Waals surface area contributed by atoms with E-state index in [0.29, 0.717) is 24.6 Å². The van der Waals surface area contributed by atoms with Crippen LogP contribution in [0.2, 0.25) is 0 Å². The van der Waals surface area contributed by atoms with Gasteiger partial charge in [0, 0.05) is 19.2 Å². The first kappa shape index (κ1) is 14.4. The summed E-state index contributed by atoms with van der Waals surface area (Å²) in [5, 5.41) is 4.06. The van der Waals surface area contributed by atoms with Crippen LogP contribution >= 0.6 is 0 Å². The van der Waals surface area contributed by atoms with E-state index in [0.717, 1.165) is 18.9 Å². The predicted octanol–water partition coefficient (Wildman–Crippen LogP) is 1.90. The molecule has 0 atom stereocenters. The van der Waals surface area contributed by atoms with Crippen LogP contribution in [0.3, 0.4) is 0 Å². The van der Waals surface area contributed by atoms with Crippen molar-refractivity contribution >= 4 is 17.9 Å². The van der Waals surface area contributed by atoms with Crippen molar-refractivity contribution in [2.24, 2.45) is 5.10 Å². The summed E-state index contributed by atoms with van der Waals surface area (Å²) in [6.45, 7) is 3.01. The molecule has 1 aromatic heterocycles. The number of anilines is 2. The molecule has 114 valence electrons. The second kappa shape index (κ2) is 6.95. The Morgan fingerprint density at radius 2 is 2.09 bits per heavy atom. The van der Waals surface area contributed by atoms with E-state index in [4.69, 9.17) is 4.74 Å². The quantitative estimate of drug-likeness (QED) is 0.690. The molecule has 6 nitrogen and oxygen atoms in total. The smallest absolute Gasteiger partial charge is 0.151 e. The number of halogens is 1. The molecule has 0 radical (unpaired) electrons. The number of nitrogens with one attached hydrogen (secondary N) is 1. The third-order valence-electron chi connectivity index (χ3n) is 3.23. The third-order valence-corrected chi connectivity index (χ3v) is 3.23. The second-order valence-corrected chi connectivity index (χ2v) is 4.79. The molecule has 0 bridgehead atoms. The van der Waals surface area contributed by atoms with Crippen molar-refractivity contribution in [3.05, 3.63) is 48.0 Å². The molecule has 1 fully saturated rings. The highest BCUT2D eigenvalue weighted by atomic mass is 19.1. The number of hydrogen-bond donors (Lipinski definition) is 1. The first-order chi connectivity index (χ1) is 10.8. The van der Waals surface area contributed by atoms with Gasteiger partial charge in [0.15, 0.2) is 5.82 Å². The van der Waals surface area contributed by atoms with Crippen molar-refractivity contribution < 1.29 is 9.13 Å². The van der Waals surface area contributed by atoms with Crippen LogP contribution < -0.4 is 10.3 Å². The summed E-state index contributed by atoms with van der Waals surface area (Å²) in [5.74, 6) is 1.13. The highest BCUT2D eigenvalue weighted by molar-refractivity contribution is 5.80. The summed E-state index contributed by atoms with van der Waals surface area (Å²) in [5.41, 5.74) is 3.51. The fraction of sp³-hybridized carbons (Fsp3) is 0.267. The van der Waals surface area contributed by atoms with Crippen molar-refractivity contribution in [2.75, 3.05) is 36.6 Å². The van der Waals surface area contributed by atoms with Gasteiger partial charge in [0.05, 0.1) is 19.4 Å².